The lowest BCUT2D eigenvalue weighted by molar-refractivity contribution is -0.125. The number of aromatic nitrogens is 3. The van der Waals surface area contributed by atoms with Gasteiger partial charge in [0.2, 0.25) is 5.91 Å². The Hall–Kier alpha value is -2.64. The smallest absolute Gasteiger partial charge is 0.231 e. The van der Waals surface area contributed by atoms with Crippen molar-refractivity contribution in [2.45, 2.75) is 24.5 Å². The number of benzene rings is 2. The number of rotatable bonds is 8. The fourth-order valence-electron chi connectivity index (χ4n) is 2.80. The van der Waals surface area contributed by atoms with Crippen LogP contribution in [0.1, 0.15) is 12.5 Å². The summed E-state index contributed by atoms with van der Waals surface area (Å²) in [6, 6.07) is 16.4. The zero-order valence-corrected chi connectivity index (χ0v) is 17.7. The lowest BCUT2D eigenvalue weighted by Crippen LogP contribution is -2.42. The number of Topliss-reactive ketones (excluding diaryl/α,β-unsaturated/α-hetero) is 1. The summed E-state index contributed by atoms with van der Waals surface area (Å²) in [5.41, 5.74) is 1.89. The Morgan fingerprint density at radius 2 is 1.79 bits per heavy atom. The topological polar surface area (TPSA) is 76.9 Å². The largest absolute Gasteiger partial charge is 0.345 e. The molecule has 0 saturated heterocycles. The fourth-order valence-corrected chi connectivity index (χ4v) is 3.65. The zero-order chi connectivity index (χ0) is 20.8. The maximum atomic E-state index is 12.4. The highest BCUT2D eigenvalue weighted by Gasteiger charge is 2.19. The maximum Gasteiger partial charge on any atom is 0.231 e. The highest BCUT2D eigenvalue weighted by molar-refractivity contribution is 7.99. The van der Waals surface area contributed by atoms with Crippen molar-refractivity contribution in [2.75, 3.05) is 5.75 Å². The number of nitrogens with zero attached hydrogens (tertiary/aromatic N) is 3. The normalized spacial score (nSPS) is 11.8. The van der Waals surface area contributed by atoms with Gasteiger partial charge in [0.1, 0.15) is 0 Å². The van der Waals surface area contributed by atoms with Crippen LogP contribution in [0.3, 0.4) is 0 Å². The number of halogens is 1. The second kappa shape index (κ2) is 9.71. The monoisotopic (exact) mass is 428 g/mol. The standard InChI is InChI=1S/C21H21ClN4O2S/c1-14(27)18(12-15-6-4-3-5-7-15)23-19(28)13-29-21-25-24-20(26(21)2)16-8-10-17(22)11-9-16/h3-11,18H,12-13H2,1-2H3,(H,23,28). The summed E-state index contributed by atoms with van der Waals surface area (Å²) in [5.74, 6) is 0.541. The van der Waals surface area contributed by atoms with Crippen molar-refractivity contribution in [1.82, 2.24) is 20.1 Å². The predicted octanol–water partition coefficient (Wildman–Crippen LogP) is 3.54. The first kappa shape index (κ1) is 21.1. The second-order valence-electron chi connectivity index (χ2n) is 6.58. The molecular formula is C21H21ClN4O2S. The van der Waals surface area contributed by atoms with E-state index in [0.717, 1.165) is 11.1 Å². The summed E-state index contributed by atoms with van der Waals surface area (Å²) < 4.78 is 1.83. The minimum absolute atomic E-state index is 0.0733. The quantitative estimate of drug-likeness (QED) is 0.555. The van der Waals surface area contributed by atoms with Gasteiger partial charge in [-0.3, -0.25) is 9.59 Å². The van der Waals surface area contributed by atoms with Gasteiger partial charge in [-0.1, -0.05) is 53.7 Å². The van der Waals surface area contributed by atoms with E-state index in [4.69, 9.17) is 11.6 Å². The van der Waals surface area contributed by atoms with Gasteiger partial charge >= 0.3 is 0 Å². The Morgan fingerprint density at radius 1 is 1.10 bits per heavy atom. The van der Waals surface area contributed by atoms with E-state index in [1.54, 1.807) is 12.1 Å². The van der Waals surface area contributed by atoms with E-state index >= 15 is 0 Å². The van der Waals surface area contributed by atoms with E-state index in [0.29, 0.717) is 22.4 Å². The van der Waals surface area contributed by atoms with Gasteiger partial charge in [0.15, 0.2) is 16.8 Å². The van der Waals surface area contributed by atoms with Crippen LogP contribution in [0.4, 0.5) is 0 Å². The van der Waals surface area contributed by atoms with Gasteiger partial charge in [0.25, 0.3) is 0 Å². The van der Waals surface area contributed by atoms with E-state index in [9.17, 15) is 9.59 Å². The van der Waals surface area contributed by atoms with Crippen LogP contribution in [0.5, 0.6) is 0 Å². The number of carbonyl (C=O) groups is 2. The van der Waals surface area contributed by atoms with E-state index in [2.05, 4.69) is 15.5 Å². The van der Waals surface area contributed by atoms with Crippen molar-refractivity contribution in [3.05, 3.63) is 65.2 Å². The van der Waals surface area contributed by atoms with Crippen LogP contribution >= 0.6 is 23.4 Å². The molecule has 3 rings (SSSR count). The zero-order valence-electron chi connectivity index (χ0n) is 16.1. The number of nitrogens with one attached hydrogen (secondary N) is 1. The summed E-state index contributed by atoms with van der Waals surface area (Å²) >= 11 is 7.20. The van der Waals surface area contributed by atoms with Crippen molar-refractivity contribution in [2.24, 2.45) is 7.05 Å². The van der Waals surface area contributed by atoms with E-state index in [-0.39, 0.29) is 17.4 Å². The van der Waals surface area contributed by atoms with Gasteiger partial charge in [0.05, 0.1) is 11.8 Å². The van der Waals surface area contributed by atoms with Gasteiger partial charge in [-0.25, -0.2) is 0 Å². The molecule has 29 heavy (non-hydrogen) atoms. The van der Waals surface area contributed by atoms with Crippen LogP contribution in [0, 0.1) is 0 Å². The molecule has 0 spiro atoms. The molecule has 0 aliphatic heterocycles. The van der Waals surface area contributed by atoms with Gasteiger partial charge in [0, 0.05) is 17.6 Å². The molecule has 150 valence electrons. The predicted molar refractivity (Wildman–Crippen MR) is 115 cm³/mol. The molecule has 3 aromatic rings. The third kappa shape index (κ3) is 5.68. The molecule has 1 amide bonds. The molecule has 0 radical (unpaired) electrons. The van der Waals surface area contributed by atoms with E-state index in [1.165, 1.54) is 18.7 Å². The van der Waals surface area contributed by atoms with Crippen LogP contribution in [0.2, 0.25) is 5.02 Å². The number of ketones is 1. The van der Waals surface area contributed by atoms with Crippen molar-refractivity contribution in [3.63, 3.8) is 0 Å². The number of amides is 1. The van der Waals surface area contributed by atoms with Gasteiger partial charge in [-0.15, -0.1) is 10.2 Å². The summed E-state index contributed by atoms with van der Waals surface area (Å²) in [4.78, 5) is 24.3. The fraction of sp³-hybridized carbons (Fsp3) is 0.238. The molecule has 8 heteroatoms. The van der Waals surface area contributed by atoms with Gasteiger partial charge in [-0.05, 0) is 43.2 Å². The van der Waals surface area contributed by atoms with Gasteiger partial charge in [-0.2, -0.15) is 0 Å². The number of carbonyl (C=O) groups excluding carboxylic acids is 2. The minimum Gasteiger partial charge on any atom is -0.345 e. The third-order valence-corrected chi connectivity index (χ3v) is 5.65. The van der Waals surface area contributed by atoms with Crippen molar-refractivity contribution < 1.29 is 9.59 Å². The van der Waals surface area contributed by atoms with Crippen molar-refractivity contribution in [1.29, 1.82) is 0 Å². The summed E-state index contributed by atoms with van der Waals surface area (Å²) in [5, 5.41) is 12.5. The first-order chi connectivity index (χ1) is 13.9. The molecule has 2 aromatic carbocycles. The molecule has 0 fully saturated rings. The lowest BCUT2D eigenvalue weighted by Gasteiger charge is -2.16. The second-order valence-corrected chi connectivity index (χ2v) is 7.96. The Morgan fingerprint density at radius 3 is 2.45 bits per heavy atom. The maximum absolute atomic E-state index is 12.4. The van der Waals surface area contributed by atoms with Crippen LogP contribution in [0.15, 0.2) is 59.8 Å². The Balaban J connectivity index is 1.60. The van der Waals surface area contributed by atoms with Crippen LogP contribution in [-0.2, 0) is 23.1 Å². The summed E-state index contributed by atoms with van der Waals surface area (Å²) in [6.45, 7) is 1.49. The number of hydrogen-bond donors (Lipinski definition) is 1. The van der Waals surface area contributed by atoms with Gasteiger partial charge < -0.3 is 9.88 Å². The summed E-state index contributed by atoms with van der Waals surface area (Å²) in [7, 11) is 1.85. The van der Waals surface area contributed by atoms with Crippen LogP contribution in [-0.4, -0.2) is 38.2 Å². The molecule has 1 unspecified atom stereocenters. The van der Waals surface area contributed by atoms with Crippen molar-refractivity contribution >= 4 is 35.1 Å². The molecule has 1 aromatic heterocycles. The number of hydrogen-bond acceptors (Lipinski definition) is 5. The first-order valence-electron chi connectivity index (χ1n) is 9.06. The average molecular weight is 429 g/mol. The summed E-state index contributed by atoms with van der Waals surface area (Å²) in [6.07, 6.45) is 0.469. The molecule has 1 heterocycles. The van der Waals surface area contributed by atoms with Crippen molar-refractivity contribution in [3.8, 4) is 11.4 Å². The first-order valence-corrected chi connectivity index (χ1v) is 10.4. The minimum atomic E-state index is -0.547. The molecule has 6 nitrogen and oxygen atoms in total. The SMILES string of the molecule is CC(=O)C(Cc1ccccc1)NC(=O)CSc1nnc(-c2ccc(Cl)cc2)n1C. The Labute approximate surface area is 178 Å². The Kier molecular flexibility index (Phi) is 7.06. The molecule has 0 saturated carbocycles. The van der Waals surface area contributed by atoms with Crippen LogP contribution in [0.25, 0.3) is 11.4 Å². The molecule has 0 bridgehead atoms. The molecule has 1 atom stereocenters. The average Bonchev–Trinajstić information content (AvgIpc) is 3.07. The Bertz CT molecular complexity index is 990. The highest BCUT2D eigenvalue weighted by atomic mass is 35.5. The molecule has 1 N–H and O–H groups in total. The lowest BCUT2D eigenvalue weighted by atomic mass is 10.0. The van der Waals surface area contributed by atoms with E-state index in [1.807, 2.05) is 54.1 Å². The third-order valence-electron chi connectivity index (χ3n) is 4.38. The van der Waals surface area contributed by atoms with E-state index < -0.39 is 6.04 Å². The molecule has 0 aliphatic rings. The number of thioether (sulfide) groups is 1. The molecule has 0 aliphatic carbocycles. The van der Waals surface area contributed by atoms with Crippen LogP contribution < -0.4 is 5.32 Å². The highest BCUT2D eigenvalue weighted by Crippen LogP contribution is 2.23. The molecular weight excluding hydrogens is 408 g/mol.